The number of benzene rings is 1. The Labute approximate surface area is 136 Å². The Morgan fingerprint density at radius 1 is 1.32 bits per heavy atom. The van der Waals surface area contributed by atoms with Crippen molar-refractivity contribution in [1.82, 2.24) is 19.2 Å². The molecule has 0 saturated carbocycles. The number of nitriles is 1. The normalized spacial score (nSPS) is 10.8. The van der Waals surface area contributed by atoms with Gasteiger partial charge in [-0.15, -0.1) is 0 Å². The van der Waals surface area contributed by atoms with E-state index in [9.17, 15) is 0 Å². The molecule has 0 aliphatic heterocycles. The Hall–Kier alpha value is -1.97. The van der Waals surface area contributed by atoms with Crippen LogP contribution in [0, 0.1) is 23.0 Å². The number of aromatic nitrogens is 3. The molecule has 0 radical (unpaired) electrons. The average molecular weight is 315 g/mol. The lowest BCUT2D eigenvalue weighted by Crippen LogP contribution is -2.28. The Morgan fingerprint density at radius 2 is 2.05 bits per heavy atom. The number of rotatable bonds is 7. The van der Waals surface area contributed by atoms with Crippen LogP contribution >= 0.6 is 12.2 Å². The molecule has 0 bridgehead atoms. The Bertz CT molecular complexity index is 696. The largest absolute Gasteiger partial charge is 0.300 e. The Kier molecular flexibility index (Phi) is 5.87. The van der Waals surface area contributed by atoms with Crippen molar-refractivity contribution in [1.29, 1.82) is 5.26 Å². The molecular formula is C16H21N5S. The highest BCUT2D eigenvalue weighted by atomic mass is 32.1. The van der Waals surface area contributed by atoms with Gasteiger partial charge in [-0.05, 0) is 31.1 Å². The predicted octanol–water partition coefficient (Wildman–Crippen LogP) is 2.96. The fraction of sp³-hybridized carbons (Fsp3) is 0.438. The first kappa shape index (κ1) is 16.4. The summed E-state index contributed by atoms with van der Waals surface area (Å²) in [6, 6.07) is 12.4. The quantitative estimate of drug-likeness (QED) is 0.582. The van der Waals surface area contributed by atoms with Crippen molar-refractivity contribution in [2.75, 3.05) is 13.1 Å². The van der Waals surface area contributed by atoms with Crippen LogP contribution in [-0.2, 0) is 13.2 Å². The van der Waals surface area contributed by atoms with E-state index in [-0.39, 0.29) is 0 Å². The fourth-order valence-electron chi connectivity index (χ4n) is 2.39. The van der Waals surface area contributed by atoms with Gasteiger partial charge in [0.15, 0.2) is 4.77 Å². The first-order valence-electron chi connectivity index (χ1n) is 7.43. The third kappa shape index (κ3) is 4.03. The number of aryl methyl sites for hydroxylation is 1. The molecule has 0 unspecified atom stereocenters. The van der Waals surface area contributed by atoms with Gasteiger partial charge in [0.1, 0.15) is 5.82 Å². The van der Waals surface area contributed by atoms with Crippen LogP contribution in [0.4, 0.5) is 0 Å². The van der Waals surface area contributed by atoms with Crippen LogP contribution in [0.2, 0.25) is 0 Å². The van der Waals surface area contributed by atoms with E-state index in [0.29, 0.717) is 18.0 Å². The molecule has 1 aromatic heterocycles. The van der Waals surface area contributed by atoms with Crippen LogP contribution in [0.1, 0.15) is 24.7 Å². The summed E-state index contributed by atoms with van der Waals surface area (Å²) in [5.74, 6) is 0.891. The van der Waals surface area contributed by atoms with E-state index in [0.717, 1.165) is 25.3 Å². The van der Waals surface area contributed by atoms with Crippen molar-refractivity contribution in [2.24, 2.45) is 0 Å². The summed E-state index contributed by atoms with van der Waals surface area (Å²) in [6.07, 6.45) is 0.999. The molecule has 1 heterocycles. The lowest BCUT2D eigenvalue weighted by molar-refractivity contribution is 0.229. The van der Waals surface area contributed by atoms with Gasteiger partial charge in [0.05, 0.1) is 25.8 Å². The second-order valence-electron chi connectivity index (χ2n) is 5.25. The molecule has 0 N–H and O–H groups in total. The molecule has 5 nitrogen and oxygen atoms in total. The maximum atomic E-state index is 8.91. The molecule has 0 atom stereocenters. The number of hydrogen-bond acceptors (Lipinski definition) is 4. The molecule has 2 rings (SSSR count). The van der Waals surface area contributed by atoms with Gasteiger partial charge in [-0.1, -0.05) is 37.3 Å². The molecule has 6 heteroatoms. The lowest BCUT2D eigenvalue weighted by atomic mass is 10.2. The third-order valence-electron chi connectivity index (χ3n) is 3.46. The number of hydrogen-bond donors (Lipinski definition) is 0. The smallest absolute Gasteiger partial charge is 0.199 e. The van der Waals surface area contributed by atoms with Gasteiger partial charge in [0, 0.05) is 6.54 Å². The van der Waals surface area contributed by atoms with Gasteiger partial charge in [-0.2, -0.15) is 10.4 Å². The number of nitrogens with zero attached hydrogens (tertiary/aromatic N) is 5. The van der Waals surface area contributed by atoms with Crippen molar-refractivity contribution >= 4 is 12.2 Å². The maximum absolute atomic E-state index is 8.91. The summed E-state index contributed by atoms with van der Waals surface area (Å²) in [5, 5.41) is 13.4. The zero-order chi connectivity index (χ0) is 15.9. The molecule has 0 aliphatic carbocycles. The molecule has 0 amide bonds. The van der Waals surface area contributed by atoms with Crippen molar-refractivity contribution < 1.29 is 0 Å². The zero-order valence-electron chi connectivity index (χ0n) is 13.1. The van der Waals surface area contributed by atoms with E-state index >= 15 is 0 Å². The van der Waals surface area contributed by atoms with Gasteiger partial charge in [0.25, 0.3) is 0 Å². The molecule has 22 heavy (non-hydrogen) atoms. The van der Waals surface area contributed by atoms with Gasteiger partial charge in [-0.25, -0.2) is 4.68 Å². The average Bonchev–Trinajstić information content (AvgIpc) is 2.76. The van der Waals surface area contributed by atoms with Crippen molar-refractivity contribution in [3.8, 4) is 6.07 Å². The van der Waals surface area contributed by atoms with Crippen LogP contribution in [-0.4, -0.2) is 32.3 Å². The highest BCUT2D eigenvalue weighted by molar-refractivity contribution is 7.71. The SMILES string of the molecule is CCCN(CC#N)Cn1nc(C)n(Cc2ccccc2)c1=S. The molecule has 116 valence electrons. The molecule has 0 spiro atoms. The molecule has 2 aromatic rings. The van der Waals surface area contributed by atoms with Gasteiger partial charge in [0.2, 0.25) is 0 Å². The van der Waals surface area contributed by atoms with Crippen LogP contribution < -0.4 is 0 Å². The minimum absolute atomic E-state index is 0.389. The van der Waals surface area contributed by atoms with E-state index in [1.54, 1.807) is 4.68 Å². The zero-order valence-corrected chi connectivity index (χ0v) is 13.9. The fourth-order valence-corrected chi connectivity index (χ4v) is 2.69. The van der Waals surface area contributed by atoms with E-state index in [1.165, 1.54) is 5.56 Å². The van der Waals surface area contributed by atoms with E-state index < -0.39 is 0 Å². The minimum atomic E-state index is 0.389. The highest BCUT2D eigenvalue weighted by Crippen LogP contribution is 2.08. The van der Waals surface area contributed by atoms with Crippen molar-refractivity contribution in [3.63, 3.8) is 0 Å². The van der Waals surface area contributed by atoms with Gasteiger partial charge < -0.3 is 0 Å². The second-order valence-corrected chi connectivity index (χ2v) is 5.62. The Morgan fingerprint density at radius 3 is 2.68 bits per heavy atom. The van der Waals surface area contributed by atoms with Gasteiger partial charge in [-0.3, -0.25) is 9.47 Å². The van der Waals surface area contributed by atoms with Crippen molar-refractivity contribution in [2.45, 2.75) is 33.5 Å². The summed E-state index contributed by atoms with van der Waals surface area (Å²) in [4.78, 5) is 2.05. The molecule has 0 aliphatic rings. The first-order chi connectivity index (χ1) is 10.7. The summed E-state index contributed by atoms with van der Waals surface area (Å²) in [6.45, 7) is 6.59. The van der Waals surface area contributed by atoms with Crippen LogP contribution in [0.5, 0.6) is 0 Å². The van der Waals surface area contributed by atoms with Crippen LogP contribution in [0.3, 0.4) is 0 Å². The predicted molar refractivity (Wildman–Crippen MR) is 88.8 cm³/mol. The Balaban J connectivity index is 2.20. The third-order valence-corrected chi connectivity index (χ3v) is 3.89. The highest BCUT2D eigenvalue weighted by Gasteiger charge is 2.11. The maximum Gasteiger partial charge on any atom is 0.199 e. The summed E-state index contributed by atoms with van der Waals surface area (Å²) < 4.78 is 4.53. The van der Waals surface area contributed by atoms with Gasteiger partial charge >= 0.3 is 0 Å². The first-order valence-corrected chi connectivity index (χ1v) is 7.84. The summed E-state index contributed by atoms with van der Waals surface area (Å²) >= 11 is 5.55. The standard InChI is InChI=1S/C16H21N5S/c1-3-10-19(11-9-17)13-21-16(22)20(14(2)18-21)12-15-7-5-4-6-8-15/h4-8H,3,10-13H2,1-2H3. The lowest BCUT2D eigenvalue weighted by Gasteiger charge is -2.17. The molecule has 0 fully saturated rings. The summed E-state index contributed by atoms with van der Waals surface area (Å²) in [7, 11) is 0. The van der Waals surface area contributed by atoms with E-state index in [2.05, 4.69) is 35.1 Å². The summed E-state index contributed by atoms with van der Waals surface area (Å²) in [5.41, 5.74) is 1.20. The second kappa shape index (κ2) is 7.87. The minimum Gasteiger partial charge on any atom is -0.300 e. The molecule has 1 aromatic carbocycles. The van der Waals surface area contributed by atoms with E-state index in [4.69, 9.17) is 17.5 Å². The van der Waals surface area contributed by atoms with Crippen LogP contribution in [0.15, 0.2) is 30.3 Å². The topological polar surface area (TPSA) is 49.8 Å². The monoisotopic (exact) mass is 315 g/mol. The van der Waals surface area contributed by atoms with Crippen molar-refractivity contribution in [3.05, 3.63) is 46.5 Å². The molecule has 0 saturated heterocycles. The van der Waals surface area contributed by atoms with Crippen LogP contribution in [0.25, 0.3) is 0 Å². The molecular weight excluding hydrogens is 294 g/mol. The van der Waals surface area contributed by atoms with E-state index in [1.807, 2.05) is 29.7 Å².